The Morgan fingerprint density at radius 1 is 1.16 bits per heavy atom. The molecule has 10 nitrogen and oxygen atoms in total. The second kappa shape index (κ2) is 9.09. The van der Waals surface area contributed by atoms with Crippen LogP contribution in [0.1, 0.15) is 18.9 Å². The largest absolute Gasteiger partial charge is 0.453 e. The van der Waals surface area contributed by atoms with Crippen LogP contribution in [0.4, 0.5) is 16.3 Å². The molecule has 10 heteroatoms. The Labute approximate surface area is 185 Å². The normalized spacial score (nSPS) is 17.5. The average molecular weight is 438 g/mol. The fourth-order valence-electron chi connectivity index (χ4n) is 4.25. The first-order chi connectivity index (χ1) is 15.7. The minimum Gasteiger partial charge on any atom is -0.453 e. The molecule has 2 aromatic heterocycles. The standard InChI is InChI=1S/C22H27N7O3/c1-31-22(30)25-16-4-2-15(3-5-16)19-26-20(28-10-12-32-13-11-28)18-14-24-29(21(18)27-19)17-6-8-23-9-7-17/h2-5,14,17,23H,6-13H2,1H3,(H,25,30). The first-order valence-electron chi connectivity index (χ1n) is 11.0. The summed E-state index contributed by atoms with van der Waals surface area (Å²) >= 11 is 0. The zero-order chi connectivity index (χ0) is 21.9. The highest BCUT2D eigenvalue weighted by molar-refractivity contribution is 5.89. The summed E-state index contributed by atoms with van der Waals surface area (Å²) in [6.07, 6.45) is 3.44. The third-order valence-electron chi connectivity index (χ3n) is 5.97. The van der Waals surface area contributed by atoms with Crippen molar-refractivity contribution in [2.24, 2.45) is 0 Å². The summed E-state index contributed by atoms with van der Waals surface area (Å²) in [6.45, 7) is 4.89. The number of ether oxygens (including phenoxy) is 2. The van der Waals surface area contributed by atoms with Crippen LogP contribution in [0.2, 0.25) is 0 Å². The van der Waals surface area contributed by atoms with E-state index in [0.717, 1.165) is 61.4 Å². The lowest BCUT2D eigenvalue weighted by atomic mass is 10.1. The first kappa shape index (κ1) is 20.7. The number of anilines is 2. The molecule has 168 valence electrons. The van der Waals surface area contributed by atoms with Crippen molar-refractivity contribution in [2.75, 3.05) is 56.7 Å². The summed E-state index contributed by atoms with van der Waals surface area (Å²) < 4.78 is 12.3. The Balaban J connectivity index is 1.56. The van der Waals surface area contributed by atoms with Gasteiger partial charge in [0.25, 0.3) is 0 Å². The van der Waals surface area contributed by atoms with E-state index in [1.54, 1.807) is 0 Å². The van der Waals surface area contributed by atoms with E-state index in [1.165, 1.54) is 7.11 Å². The number of methoxy groups -OCH3 is 1. The molecule has 2 fully saturated rings. The van der Waals surface area contributed by atoms with Crippen molar-refractivity contribution in [3.63, 3.8) is 0 Å². The quantitative estimate of drug-likeness (QED) is 0.641. The minimum absolute atomic E-state index is 0.320. The second-order valence-corrected chi connectivity index (χ2v) is 7.97. The number of piperidine rings is 1. The smallest absolute Gasteiger partial charge is 0.411 e. The number of hydrogen-bond donors (Lipinski definition) is 2. The molecule has 0 saturated carbocycles. The van der Waals surface area contributed by atoms with Gasteiger partial charge in [0.2, 0.25) is 0 Å². The SMILES string of the molecule is COC(=O)Nc1ccc(-c2nc(N3CCOCC3)c3cnn(C4CCNCC4)c3n2)cc1. The van der Waals surface area contributed by atoms with Crippen LogP contribution in [0.25, 0.3) is 22.4 Å². The van der Waals surface area contributed by atoms with Crippen LogP contribution >= 0.6 is 0 Å². The number of amides is 1. The van der Waals surface area contributed by atoms with Gasteiger partial charge < -0.3 is 19.7 Å². The van der Waals surface area contributed by atoms with Gasteiger partial charge in [0.15, 0.2) is 11.5 Å². The predicted octanol–water partition coefficient (Wildman–Crippen LogP) is 2.43. The van der Waals surface area contributed by atoms with E-state index in [4.69, 9.17) is 19.8 Å². The lowest BCUT2D eigenvalue weighted by molar-refractivity contribution is 0.122. The molecule has 0 radical (unpaired) electrons. The van der Waals surface area contributed by atoms with Gasteiger partial charge in [-0.05, 0) is 50.2 Å². The summed E-state index contributed by atoms with van der Waals surface area (Å²) in [4.78, 5) is 23.6. The monoisotopic (exact) mass is 437 g/mol. The van der Waals surface area contributed by atoms with Crippen molar-refractivity contribution in [2.45, 2.75) is 18.9 Å². The highest BCUT2D eigenvalue weighted by Crippen LogP contribution is 2.31. The summed E-state index contributed by atoms with van der Waals surface area (Å²) in [5.74, 6) is 1.53. The fraction of sp³-hybridized carbons (Fsp3) is 0.455. The molecular weight excluding hydrogens is 410 g/mol. The van der Waals surface area contributed by atoms with E-state index in [9.17, 15) is 4.79 Å². The van der Waals surface area contributed by atoms with Gasteiger partial charge in [0, 0.05) is 24.3 Å². The number of rotatable bonds is 4. The Hall–Kier alpha value is -3.24. The number of nitrogens with zero attached hydrogens (tertiary/aromatic N) is 5. The maximum Gasteiger partial charge on any atom is 0.411 e. The summed E-state index contributed by atoms with van der Waals surface area (Å²) in [6, 6.07) is 7.76. The highest BCUT2D eigenvalue weighted by Gasteiger charge is 2.24. The third kappa shape index (κ3) is 4.11. The van der Waals surface area contributed by atoms with Crippen LogP contribution in [-0.4, -0.2) is 72.3 Å². The Morgan fingerprint density at radius 2 is 1.91 bits per heavy atom. The molecule has 2 aliphatic heterocycles. The van der Waals surface area contributed by atoms with E-state index >= 15 is 0 Å². The molecule has 0 spiro atoms. The van der Waals surface area contributed by atoms with Crippen LogP contribution in [0.15, 0.2) is 30.5 Å². The topological polar surface area (TPSA) is 106 Å². The zero-order valence-corrected chi connectivity index (χ0v) is 18.1. The van der Waals surface area contributed by atoms with Crippen molar-refractivity contribution >= 4 is 28.6 Å². The number of aromatic nitrogens is 4. The van der Waals surface area contributed by atoms with Crippen LogP contribution in [-0.2, 0) is 9.47 Å². The minimum atomic E-state index is -0.504. The van der Waals surface area contributed by atoms with Crippen LogP contribution in [0, 0.1) is 0 Å². The summed E-state index contributed by atoms with van der Waals surface area (Å²) in [7, 11) is 1.34. The molecule has 2 saturated heterocycles. The molecule has 2 aliphatic rings. The van der Waals surface area contributed by atoms with E-state index in [1.807, 2.05) is 30.5 Å². The molecule has 1 aromatic carbocycles. The van der Waals surface area contributed by atoms with E-state index in [0.29, 0.717) is 30.8 Å². The predicted molar refractivity (Wildman–Crippen MR) is 121 cm³/mol. The molecule has 0 atom stereocenters. The van der Waals surface area contributed by atoms with E-state index in [-0.39, 0.29) is 0 Å². The molecule has 0 bridgehead atoms. The van der Waals surface area contributed by atoms with Crippen molar-refractivity contribution in [1.29, 1.82) is 0 Å². The molecule has 0 unspecified atom stereocenters. The average Bonchev–Trinajstić information content (AvgIpc) is 3.29. The van der Waals surface area contributed by atoms with Crippen molar-refractivity contribution in [3.05, 3.63) is 30.5 Å². The van der Waals surface area contributed by atoms with Gasteiger partial charge >= 0.3 is 6.09 Å². The lowest BCUT2D eigenvalue weighted by Crippen LogP contribution is -2.37. The van der Waals surface area contributed by atoms with Crippen molar-refractivity contribution in [3.8, 4) is 11.4 Å². The second-order valence-electron chi connectivity index (χ2n) is 7.97. The zero-order valence-electron chi connectivity index (χ0n) is 18.1. The molecule has 4 heterocycles. The van der Waals surface area contributed by atoms with Gasteiger partial charge in [0.1, 0.15) is 5.82 Å². The van der Waals surface area contributed by atoms with Gasteiger partial charge in [-0.1, -0.05) is 0 Å². The van der Waals surface area contributed by atoms with Gasteiger partial charge in [-0.3, -0.25) is 5.32 Å². The highest BCUT2D eigenvalue weighted by atomic mass is 16.5. The van der Waals surface area contributed by atoms with Gasteiger partial charge in [0.05, 0.1) is 37.9 Å². The first-order valence-corrected chi connectivity index (χ1v) is 11.0. The Bertz CT molecular complexity index is 1090. The van der Waals surface area contributed by atoms with Crippen LogP contribution in [0.3, 0.4) is 0 Å². The van der Waals surface area contributed by atoms with Crippen molar-refractivity contribution < 1.29 is 14.3 Å². The van der Waals surface area contributed by atoms with Gasteiger partial charge in [-0.25, -0.2) is 19.4 Å². The van der Waals surface area contributed by atoms with E-state index < -0.39 is 6.09 Å². The Morgan fingerprint density at radius 3 is 2.62 bits per heavy atom. The molecule has 5 rings (SSSR count). The summed E-state index contributed by atoms with van der Waals surface area (Å²) in [5, 5.41) is 11.8. The Kier molecular flexibility index (Phi) is 5.87. The molecule has 2 N–H and O–H groups in total. The number of carbonyl (C=O) groups is 1. The van der Waals surface area contributed by atoms with Crippen molar-refractivity contribution in [1.82, 2.24) is 25.1 Å². The summed E-state index contributed by atoms with van der Waals surface area (Å²) in [5.41, 5.74) is 2.38. The van der Waals surface area contributed by atoms with E-state index in [2.05, 4.69) is 25.0 Å². The molecule has 0 aliphatic carbocycles. The number of carbonyl (C=O) groups excluding carboxylic acids is 1. The lowest BCUT2D eigenvalue weighted by Gasteiger charge is -2.28. The maximum absolute atomic E-state index is 11.5. The molecule has 32 heavy (non-hydrogen) atoms. The van der Waals surface area contributed by atoms with Crippen LogP contribution in [0.5, 0.6) is 0 Å². The maximum atomic E-state index is 11.5. The number of hydrogen-bond acceptors (Lipinski definition) is 8. The number of nitrogens with one attached hydrogen (secondary N) is 2. The van der Waals surface area contributed by atoms with Crippen LogP contribution < -0.4 is 15.5 Å². The molecular formula is C22H27N7O3. The number of morpholine rings is 1. The molecule has 3 aromatic rings. The van der Waals surface area contributed by atoms with Gasteiger partial charge in [-0.2, -0.15) is 5.10 Å². The number of fused-ring (bicyclic) bond motifs is 1. The molecule has 1 amide bonds. The fourth-order valence-corrected chi connectivity index (χ4v) is 4.25. The number of benzene rings is 1. The third-order valence-corrected chi connectivity index (χ3v) is 5.97. The van der Waals surface area contributed by atoms with Gasteiger partial charge in [-0.15, -0.1) is 0 Å².